The highest BCUT2D eigenvalue weighted by atomic mass is 16.3. The van der Waals surface area contributed by atoms with Gasteiger partial charge >= 0.3 is 0 Å². The van der Waals surface area contributed by atoms with Crippen molar-refractivity contribution in [2.75, 3.05) is 19.6 Å². The second-order valence-electron chi connectivity index (χ2n) is 6.84. The van der Waals surface area contributed by atoms with Gasteiger partial charge in [0.15, 0.2) is 0 Å². The Kier molecular flexibility index (Phi) is 3.79. The Morgan fingerprint density at radius 1 is 1.04 bits per heavy atom. The van der Waals surface area contributed by atoms with Gasteiger partial charge in [-0.2, -0.15) is 0 Å². The lowest BCUT2D eigenvalue weighted by atomic mass is 9.83. The highest BCUT2D eigenvalue weighted by Crippen LogP contribution is 2.35. The van der Waals surface area contributed by atoms with Crippen molar-refractivity contribution < 1.29 is 5.11 Å². The third-order valence-corrected chi connectivity index (χ3v) is 5.17. The first-order valence-electron chi connectivity index (χ1n) is 8.36. The number of nitrogens with zero attached hydrogens (tertiary/aromatic N) is 2. The monoisotopic (exact) mass is 310 g/mol. The highest BCUT2D eigenvalue weighted by Gasteiger charge is 2.34. The molecule has 1 aromatic carbocycles. The minimum atomic E-state index is -0.451. The molecule has 4 heteroatoms. The van der Waals surface area contributed by atoms with Gasteiger partial charge in [-0.25, -0.2) is 0 Å². The Morgan fingerprint density at radius 3 is 2.70 bits per heavy atom. The van der Waals surface area contributed by atoms with Crippen LogP contribution in [0.5, 0.6) is 0 Å². The van der Waals surface area contributed by atoms with Gasteiger partial charge in [0.25, 0.3) is 5.56 Å². The number of fused-ring (bicyclic) bond motifs is 4. The van der Waals surface area contributed by atoms with Crippen LogP contribution in [0.2, 0.25) is 0 Å². The number of aliphatic hydroxyl groups excluding tert-OH is 1. The Hall–Kier alpha value is -1.91. The van der Waals surface area contributed by atoms with E-state index in [0.29, 0.717) is 18.4 Å². The highest BCUT2D eigenvalue weighted by molar-refractivity contribution is 5.19. The zero-order valence-electron chi connectivity index (χ0n) is 13.1. The minimum Gasteiger partial charge on any atom is -0.387 e. The summed E-state index contributed by atoms with van der Waals surface area (Å²) >= 11 is 0. The Balaban J connectivity index is 1.51. The van der Waals surface area contributed by atoms with Gasteiger partial charge in [-0.1, -0.05) is 36.4 Å². The number of aliphatic hydroxyl groups is 1. The van der Waals surface area contributed by atoms with Gasteiger partial charge in [-0.15, -0.1) is 0 Å². The van der Waals surface area contributed by atoms with Crippen LogP contribution in [0.15, 0.2) is 53.3 Å². The van der Waals surface area contributed by atoms with Crippen molar-refractivity contribution >= 4 is 0 Å². The predicted molar refractivity (Wildman–Crippen MR) is 89.4 cm³/mol. The predicted octanol–water partition coefficient (Wildman–Crippen LogP) is 2.00. The largest absolute Gasteiger partial charge is 0.387 e. The number of piperidine rings is 1. The summed E-state index contributed by atoms with van der Waals surface area (Å²) in [5.74, 6) is 0.906. The molecule has 4 nitrogen and oxygen atoms in total. The van der Waals surface area contributed by atoms with E-state index in [2.05, 4.69) is 11.0 Å². The zero-order chi connectivity index (χ0) is 15.8. The van der Waals surface area contributed by atoms with Crippen LogP contribution in [-0.4, -0.2) is 34.2 Å². The van der Waals surface area contributed by atoms with E-state index in [1.165, 1.54) is 0 Å². The summed E-state index contributed by atoms with van der Waals surface area (Å²) < 4.78 is 1.95. The van der Waals surface area contributed by atoms with Crippen molar-refractivity contribution in [2.24, 2.45) is 5.92 Å². The van der Waals surface area contributed by atoms with E-state index in [1.807, 2.05) is 41.0 Å². The molecule has 0 radical (unpaired) electrons. The topological polar surface area (TPSA) is 45.5 Å². The molecule has 1 saturated heterocycles. The number of β-amino-alcohol motifs (C(OH)–C–C–N with tert-alkyl or cyclic N) is 1. The molecule has 1 fully saturated rings. The molecule has 3 atom stereocenters. The Bertz CT molecular complexity index is 741. The Labute approximate surface area is 136 Å². The third kappa shape index (κ3) is 2.84. The first kappa shape index (κ1) is 14.7. The first-order valence-corrected chi connectivity index (χ1v) is 8.36. The molecule has 2 aliphatic rings. The van der Waals surface area contributed by atoms with Crippen LogP contribution in [0.4, 0.5) is 0 Å². The van der Waals surface area contributed by atoms with Crippen LogP contribution >= 0.6 is 0 Å². The molecule has 2 aromatic rings. The third-order valence-electron chi connectivity index (χ3n) is 5.17. The second kappa shape index (κ2) is 5.95. The average molecular weight is 310 g/mol. The summed E-state index contributed by atoms with van der Waals surface area (Å²) in [5.41, 5.74) is 2.25. The summed E-state index contributed by atoms with van der Waals surface area (Å²) in [5, 5.41) is 10.5. The maximum absolute atomic E-state index is 12.0. The van der Waals surface area contributed by atoms with Crippen molar-refractivity contribution in [3.05, 3.63) is 70.1 Å². The molecule has 3 heterocycles. The second-order valence-corrected chi connectivity index (χ2v) is 6.84. The van der Waals surface area contributed by atoms with Crippen LogP contribution in [0.25, 0.3) is 0 Å². The molecule has 0 unspecified atom stereocenters. The van der Waals surface area contributed by atoms with Crippen molar-refractivity contribution in [1.29, 1.82) is 0 Å². The quantitative estimate of drug-likeness (QED) is 0.943. The van der Waals surface area contributed by atoms with Gasteiger partial charge < -0.3 is 9.67 Å². The minimum absolute atomic E-state index is 0.120. The molecule has 2 aliphatic heterocycles. The molecule has 0 saturated carbocycles. The van der Waals surface area contributed by atoms with Crippen LogP contribution in [0.3, 0.4) is 0 Å². The normalized spacial score (nSPS) is 24.9. The number of rotatable bonds is 3. The number of hydrogen-bond donors (Lipinski definition) is 1. The maximum Gasteiger partial charge on any atom is 0.250 e. The summed E-state index contributed by atoms with van der Waals surface area (Å²) in [4.78, 5) is 14.4. The van der Waals surface area contributed by atoms with E-state index >= 15 is 0 Å². The lowest BCUT2D eigenvalue weighted by molar-refractivity contribution is 0.0621. The standard InChI is InChI=1S/C19H22N2O2/c22-18(15-5-2-1-3-6-15)13-20-10-14-9-16(12-20)17-7-4-8-19(23)21(17)11-14/h1-8,14,16,18,22H,9-13H2/t14-,16+,18-/m0/s1. The van der Waals surface area contributed by atoms with Gasteiger partial charge in [0.05, 0.1) is 6.10 Å². The lowest BCUT2D eigenvalue weighted by Crippen LogP contribution is -2.48. The fraction of sp³-hybridized carbons (Fsp3) is 0.421. The van der Waals surface area contributed by atoms with E-state index in [0.717, 1.165) is 37.3 Å². The molecule has 2 bridgehead atoms. The molecular formula is C19H22N2O2. The summed E-state index contributed by atoms with van der Waals surface area (Å²) in [7, 11) is 0. The number of benzene rings is 1. The number of likely N-dealkylation sites (tertiary alicyclic amines) is 1. The molecule has 0 amide bonds. The van der Waals surface area contributed by atoms with Crippen LogP contribution in [0.1, 0.15) is 29.7 Å². The first-order chi connectivity index (χ1) is 11.2. The van der Waals surface area contributed by atoms with E-state index in [9.17, 15) is 9.90 Å². The molecular weight excluding hydrogens is 288 g/mol. The molecule has 23 heavy (non-hydrogen) atoms. The molecule has 0 aliphatic carbocycles. The number of hydrogen-bond acceptors (Lipinski definition) is 3. The van der Waals surface area contributed by atoms with Gasteiger partial charge in [0.1, 0.15) is 0 Å². The molecule has 1 aromatic heterocycles. The number of aromatic nitrogens is 1. The summed E-state index contributed by atoms with van der Waals surface area (Å²) in [6, 6.07) is 15.5. The van der Waals surface area contributed by atoms with Crippen LogP contribution in [-0.2, 0) is 6.54 Å². The van der Waals surface area contributed by atoms with E-state index < -0.39 is 6.10 Å². The van der Waals surface area contributed by atoms with Gasteiger partial charge in [0.2, 0.25) is 0 Å². The van der Waals surface area contributed by atoms with Crippen molar-refractivity contribution in [2.45, 2.75) is 25.0 Å². The number of pyridine rings is 1. The fourth-order valence-electron chi connectivity index (χ4n) is 4.17. The molecule has 0 spiro atoms. The molecule has 1 N–H and O–H groups in total. The maximum atomic E-state index is 12.0. The SMILES string of the molecule is O=c1cccc2n1C[C@H]1C[C@@H]2CN(C[C@H](O)c2ccccc2)C1. The fourth-order valence-corrected chi connectivity index (χ4v) is 4.17. The summed E-state index contributed by atoms with van der Waals surface area (Å²) in [6.07, 6.45) is 0.703. The zero-order valence-corrected chi connectivity index (χ0v) is 13.1. The van der Waals surface area contributed by atoms with Gasteiger partial charge in [0, 0.05) is 43.9 Å². The van der Waals surface area contributed by atoms with E-state index in [-0.39, 0.29) is 5.56 Å². The Morgan fingerprint density at radius 2 is 1.87 bits per heavy atom. The van der Waals surface area contributed by atoms with Crippen LogP contribution < -0.4 is 5.56 Å². The van der Waals surface area contributed by atoms with Crippen LogP contribution in [0, 0.1) is 5.92 Å². The van der Waals surface area contributed by atoms with Crippen molar-refractivity contribution in [3.63, 3.8) is 0 Å². The van der Waals surface area contributed by atoms with Gasteiger partial charge in [-0.05, 0) is 24.0 Å². The van der Waals surface area contributed by atoms with E-state index in [1.54, 1.807) is 6.07 Å². The van der Waals surface area contributed by atoms with E-state index in [4.69, 9.17) is 0 Å². The molecule has 120 valence electrons. The van der Waals surface area contributed by atoms with Crippen molar-refractivity contribution in [1.82, 2.24) is 9.47 Å². The van der Waals surface area contributed by atoms with Gasteiger partial charge in [-0.3, -0.25) is 9.69 Å². The molecule has 4 rings (SSSR count). The van der Waals surface area contributed by atoms with Crippen molar-refractivity contribution in [3.8, 4) is 0 Å². The lowest BCUT2D eigenvalue weighted by Gasteiger charge is -2.43. The smallest absolute Gasteiger partial charge is 0.250 e. The summed E-state index contributed by atoms with van der Waals surface area (Å²) in [6.45, 7) is 3.35. The average Bonchev–Trinajstić information content (AvgIpc) is 2.57.